The van der Waals surface area contributed by atoms with E-state index in [0.29, 0.717) is 0 Å². The van der Waals surface area contributed by atoms with Gasteiger partial charge in [-0.3, -0.25) is 4.79 Å². The summed E-state index contributed by atoms with van der Waals surface area (Å²) in [6.07, 6.45) is 0. The molecule has 17 heavy (non-hydrogen) atoms. The number of para-hydroxylation sites is 1. The highest BCUT2D eigenvalue weighted by atomic mass is 19.3. The molecule has 0 unspecified atom stereocenters. The van der Waals surface area contributed by atoms with Crippen molar-refractivity contribution in [1.82, 2.24) is 0 Å². The quantitative estimate of drug-likeness (QED) is 0.744. The number of halogens is 2. The first-order valence-corrected chi connectivity index (χ1v) is 4.71. The number of carbonyl (C=O) groups excluding carboxylic acids is 2. The third-order valence-electron chi connectivity index (χ3n) is 1.73. The first kappa shape index (κ1) is 13.1. The van der Waals surface area contributed by atoms with Gasteiger partial charge in [-0.15, -0.1) is 0 Å². The van der Waals surface area contributed by atoms with Crippen molar-refractivity contribution in [3.8, 4) is 5.75 Å². The van der Waals surface area contributed by atoms with Gasteiger partial charge in [-0.1, -0.05) is 12.1 Å². The molecule has 0 spiro atoms. The van der Waals surface area contributed by atoms with Crippen LogP contribution in [0.2, 0.25) is 0 Å². The SMILES string of the molecule is CC(=O)COC(=O)c1ccccc1OC(F)F. The molecule has 0 atom stereocenters. The average molecular weight is 244 g/mol. The van der Waals surface area contributed by atoms with Crippen molar-refractivity contribution in [2.45, 2.75) is 13.5 Å². The van der Waals surface area contributed by atoms with E-state index in [1.807, 2.05) is 0 Å². The van der Waals surface area contributed by atoms with Gasteiger partial charge >= 0.3 is 12.6 Å². The minimum absolute atomic E-state index is 0.144. The maximum absolute atomic E-state index is 12.0. The topological polar surface area (TPSA) is 52.6 Å². The van der Waals surface area contributed by atoms with E-state index in [4.69, 9.17) is 0 Å². The fraction of sp³-hybridized carbons (Fsp3) is 0.273. The van der Waals surface area contributed by atoms with Crippen LogP contribution < -0.4 is 4.74 Å². The molecule has 92 valence electrons. The van der Waals surface area contributed by atoms with Gasteiger partial charge < -0.3 is 9.47 Å². The van der Waals surface area contributed by atoms with Gasteiger partial charge in [0.25, 0.3) is 0 Å². The summed E-state index contributed by atoms with van der Waals surface area (Å²) in [6, 6.07) is 5.42. The van der Waals surface area contributed by atoms with Gasteiger partial charge in [-0.05, 0) is 19.1 Å². The molecule has 0 saturated heterocycles. The molecule has 1 rings (SSSR count). The minimum Gasteiger partial charge on any atom is -0.454 e. The zero-order chi connectivity index (χ0) is 12.8. The number of benzene rings is 1. The lowest BCUT2D eigenvalue weighted by atomic mass is 10.2. The van der Waals surface area contributed by atoms with Crippen LogP contribution in [0.3, 0.4) is 0 Å². The van der Waals surface area contributed by atoms with E-state index in [-0.39, 0.29) is 17.1 Å². The Morgan fingerprint density at radius 1 is 1.29 bits per heavy atom. The van der Waals surface area contributed by atoms with E-state index >= 15 is 0 Å². The van der Waals surface area contributed by atoms with E-state index in [1.165, 1.54) is 31.2 Å². The molecule has 0 radical (unpaired) electrons. The Morgan fingerprint density at radius 3 is 2.53 bits per heavy atom. The number of hydrogen-bond donors (Lipinski definition) is 0. The molecular formula is C11H10F2O4. The fourth-order valence-electron chi connectivity index (χ4n) is 1.08. The Hall–Kier alpha value is -1.98. The summed E-state index contributed by atoms with van der Waals surface area (Å²) in [5, 5.41) is 0. The zero-order valence-electron chi connectivity index (χ0n) is 8.98. The second-order valence-corrected chi connectivity index (χ2v) is 3.15. The van der Waals surface area contributed by atoms with Gasteiger partial charge in [0.1, 0.15) is 17.9 Å². The molecule has 0 saturated carbocycles. The predicted molar refractivity (Wildman–Crippen MR) is 54.0 cm³/mol. The number of ether oxygens (including phenoxy) is 2. The van der Waals surface area contributed by atoms with Crippen molar-refractivity contribution in [3.05, 3.63) is 29.8 Å². The van der Waals surface area contributed by atoms with Crippen LogP contribution in [0.4, 0.5) is 8.78 Å². The van der Waals surface area contributed by atoms with Gasteiger partial charge in [0.05, 0.1) is 0 Å². The summed E-state index contributed by atoms with van der Waals surface area (Å²) >= 11 is 0. The maximum Gasteiger partial charge on any atom is 0.387 e. The number of carbonyl (C=O) groups is 2. The molecule has 0 bridgehead atoms. The van der Waals surface area contributed by atoms with Gasteiger partial charge in [0.15, 0.2) is 5.78 Å². The Labute approximate surface area is 96.1 Å². The highest BCUT2D eigenvalue weighted by Gasteiger charge is 2.16. The molecule has 0 aliphatic carbocycles. The normalized spacial score (nSPS) is 10.1. The van der Waals surface area contributed by atoms with Crippen molar-refractivity contribution < 1.29 is 27.8 Å². The van der Waals surface area contributed by atoms with Gasteiger partial charge in [0.2, 0.25) is 0 Å². The van der Waals surface area contributed by atoms with Crippen molar-refractivity contribution in [2.24, 2.45) is 0 Å². The number of alkyl halides is 2. The van der Waals surface area contributed by atoms with Crippen LogP contribution in [-0.2, 0) is 9.53 Å². The summed E-state index contributed by atoms with van der Waals surface area (Å²) in [4.78, 5) is 22.1. The summed E-state index contributed by atoms with van der Waals surface area (Å²) in [7, 11) is 0. The number of rotatable bonds is 5. The molecule has 0 amide bonds. The molecule has 0 N–H and O–H groups in total. The van der Waals surface area contributed by atoms with Crippen LogP contribution in [-0.4, -0.2) is 25.0 Å². The molecule has 0 aliphatic rings. The fourth-order valence-corrected chi connectivity index (χ4v) is 1.08. The molecule has 0 aromatic heterocycles. The van der Waals surface area contributed by atoms with Gasteiger partial charge in [0, 0.05) is 0 Å². The molecule has 6 heteroatoms. The van der Waals surface area contributed by atoms with Crippen LogP contribution in [0, 0.1) is 0 Å². The second-order valence-electron chi connectivity index (χ2n) is 3.15. The van der Waals surface area contributed by atoms with Crippen molar-refractivity contribution in [1.29, 1.82) is 0 Å². The van der Waals surface area contributed by atoms with Crippen molar-refractivity contribution in [3.63, 3.8) is 0 Å². The van der Waals surface area contributed by atoms with Crippen molar-refractivity contribution in [2.75, 3.05) is 6.61 Å². The average Bonchev–Trinajstić information content (AvgIpc) is 2.25. The number of hydrogen-bond acceptors (Lipinski definition) is 4. The smallest absolute Gasteiger partial charge is 0.387 e. The molecule has 1 aromatic carbocycles. The summed E-state index contributed by atoms with van der Waals surface area (Å²) in [5.41, 5.74) is -0.144. The Balaban J connectivity index is 2.81. The van der Waals surface area contributed by atoms with Crippen LogP contribution in [0.25, 0.3) is 0 Å². The lowest BCUT2D eigenvalue weighted by Gasteiger charge is -2.09. The van der Waals surface area contributed by atoms with E-state index in [1.54, 1.807) is 0 Å². The molecule has 0 aliphatic heterocycles. The van der Waals surface area contributed by atoms with Crippen LogP contribution in [0.5, 0.6) is 5.75 Å². The van der Waals surface area contributed by atoms with E-state index < -0.39 is 19.2 Å². The molecule has 1 aromatic rings. The van der Waals surface area contributed by atoms with Crippen LogP contribution in [0.15, 0.2) is 24.3 Å². The third kappa shape index (κ3) is 4.18. The predicted octanol–water partition coefficient (Wildman–Crippen LogP) is 2.03. The zero-order valence-corrected chi connectivity index (χ0v) is 8.98. The van der Waals surface area contributed by atoms with Crippen LogP contribution in [0.1, 0.15) is 17.3 Å². The lowest BCUT2D eigenvalue weighted by Crippen LogP contribution is -2.13. The first-order valence-electron chi connectivity index (χ1n) is 4.71. The lowest BCUT2D eigenvalue weighted by molar-refractivity contribution is -0.120. The summed E-state index contributed by atoms with van der Waals surface area (Å²) in [6.45, 7) is -2.19. The highest BCUT2D eigenvalue weighted by Crippen LogP contribution is 2.20. The minimum atomic E-state index is -3.03. The highest BCUT2D eigenvalue weighted by molar-refractivity contribution is 5.93. The van der Waals surface area contributed by atoms with Gasteiger partial charge in [-0.2, -0.15) is 8.78 Å². The summed E-state index contributed by atoms with van der Waals surface area (Å²) in [5.74, 6) is -1.50. The largest absolute Gasteiger partial charge is 0.454 e. The van der Waals surface area contributed by atoms with E-state index in [0.717, 1.165) is 0 Å². The number of esters is 1. The monoisotopic (exact) mass is 244 g/mol. The maximum atomic E-state index is 12.0. The van der Waals surface area contributed by atoms with Gasteiger partial charge in [-0.25, -0.2) is 4.79 Å². The molecular weight excluding hydrogens is 234 g/mol. The van der Waals surface area contributed by atoms with E-state index in [2.05, 4.69) is 9.47 Å². The Morgan fingerprint density at radius 2 is 1.94 bits per heavy atom. The molecule has 4 nitrogen and oxygen atoms in total. The number of Topliss-reactive ketones (excluding diaryl/α,β-unsaturated/α-hetero) is 1. The summed E-state index contributed by atoms with van der Waals surface area (Å²) < 4.78 is 32.9. The molecule has 0 fully saturated rings. The first-order chi connectivity index (χ1) is 8.00. The van der Waals surface area contributed by atoms with E-state index in [9.17, 15) is 18.4 Å². The third-order valence-corrected chi connectivity index (χ3v) is 1.73. The molecule has 0 heterocycles. The second kappa shape index (κ2) is 5.93. The van der Waals surface area contributed by atoms with Crippen molar-refractivity contribution >= 4 is 11.8 Å². The standard InChI is InChI=1S/C11H10F2O4/c1-7(14)6-16-10(15)8-4-2-3-5-9(8)17-11(12)13/h2-5,11H,6H2,1H3. The Bertz CT molecular complexity index is 418. The Kier molecular flexibility index (Phi) is 4.56. The number of ketones is 1. The van der Waals surface area contributed by atoms with Crippen LogP contribution >= 0.6 is 0 Å².